The van der Waals surface area contributed by atoms with Gasteiger partial charge in [0.1, 0.15) is 6.61 Å². The number of amides is 1. The van der Waals surface area contributed by atoms with E-state index in [1.165, 1.54) is 24.3 Å². The number of nitro groups is 1. The number of alkyl halides is 3. The van der Waals surface area contributed by atoms with E-state index < -0.39 is 22.6 Å². The van der Waals surface area contributed by atoms with Gasteiger partial charge < -0.3 is 9.47 Å². The molecule has 0 aromatic heterocycles. The first-order valence-corrected chi connectivity index (χ1v) is 13.6. The van der Waals surface area contributed by atoms with E-state index in [-0.39, 0.29) is 27.2 Å². The Morgan fingerprint density at radius 3 is 2.49 bits per heavy atom. The average Bonchev–Trinajstić information content (AvgIpc) is 3.15. The van der Waals surface area contributed by atoms with Crippen LogP contribution in [0, 0.1) is 13.7 Å². The second-order valence-corrected chi connectivity index (χ2v) is 10.9. The van der Waals surface area contributed by atoms with Crippen LogP contribution >= 0.6 is 46.6 Å². The summed E-state index contributed by atoms with van der Waals surface area (Å²) in [4.78, 5) is 24.8. The van der Waals surface area contributed by atoms with Gasteiger partial charge in [0.05, 0.1) is 31.3 Å². The van der Waals surface area contributed by atoms with Gasteiger partial charge in [-0.15, -0.1) is 0 Å². The van der Waals surface area contributed by atoms with E-state index in [2.05, 4.69) is 22.6 Å². The molecule has 0 N–H and O–H groups in total. The molecule has 0 spiro atoms. The molecule has 0 radical (unpaired) electrons. The number of ether oxygens (including phenoxy) is 2. The number of non-ortho nitro benzene ring substituents is 1. The van der Waals surface area contributed by atoms with Crippen LogP contribution in [0.2, 0.25) is 0 Å². The number of carbonyl (C=O) groups is 1. The Bertz CT molecular complexity index is 1480. The SMILES string of the molecule is CCOc1cc(/C=C2\SC(=S)N(c3cccc(C(F)(F)F)c3)C2=O)cc(I)c1OCc1ccc([N+](=O)[O-])cc1. The van der Waals surface area contributed by atoms with Crippen LogP contribution in [-0.4, -0.2) is 21.8 Å². The van der Waals surface area contributed by atoms with Gasteiger partial charge in [0, 0.05) is 12.1 Å². The average molecular weight is 686 g/mol. The van der Waals surface area contributed by atoms with Gasteiger partial charge in [0.25, 0.3) is 11.6 Å². The van der Waals surface area contributed by atoms with Crippen LogP contribution in [0.5, 0.6) is 11.5 Å². The van der Waals surface area contributed by atoms with Crippen LogP contribution in [0.15, 0.2) is 65.6 Å². The van der Waals surface area contributed by atoms with Gasteiger partial charge in [0.15, 0.2) is 15.8 Å². The predicted octanol–water partition coefficient (Wildman–Crippen LogP) is 7.60. The fourth-order valence-corrected chi connectivity index (χ4v) is 5.69. The number of thioether (sulfide) groups is 1. The molecule has 0 aliphatic carbocycles. The normalized spacial score (nSPS) is 14.7. The van der Waals surface area contributed by atoms with Crippen molar-refractivity contribution >= 4 is 74.2 Å². The van der Waals surface area contributed by atoms with Gasteiger partial charge in [0.2, 0.25) is 0 Å². The summed E-state index contributed by atoms with van der Waals surface area (Å²) < 4.78 is 52.1. The zero-order chi connectivity index (χ0) is 28.3. The predicted molar refractivity (Wildman–Crippen MR) is 155 cm³/mol. The lowest BCUT2D eigenvalue weighted by atomic mass is 10.1. The summed E-state index contributed by atoms with van der Waals surface area (Å²) in [5.74, 6) is 0.353. The number of halogens is 4. The second kappa shape index (κ2) is 11.9. The molecule has 4 rings (SSSR count). The van der Waals surface area contributed by atoms with Gasteiger partial charge >= 0.3 is 6.18 Å². The number of nitro benzene ring substituents is 1. The molecule has 3 aromatic carbocycles. The van der Waals surface area contributed by atoms with Crippen molar-refractivity contribution in [3.8, 4) is 11.5 Å². The quantitative estimate of drug-likeness (QED) is 0.0794. The molecule has 0 saturated carbocycles. The molecular formula is C26H18F3IN2O5S2. The molecule has 1 aliphatic heterocycles. The highest BCUT2D eigenvalue weighted by molar-refractivity contribution is 14.1. The van der Waals surface area contributed by atoms with Gasteiger partial charge in [-0.25, -0.2) is 0 Å². The van der Waals surface area contributed by atoms with Crippen molar-refractivity contribution in [2.45, 2.75) is 19.7 Å². The summed E-state index contributed by atoms with van der Waals surface area (Å²) in [6, 6.07) is 13.9. The minimum absolute atomic E-state index is 0.0221. The van der Waals surface area contributed by atoms with E-state index >= 15 is 0 Å². The van der Waals surface area contributed by atoms with E-state index in [9.17, 15) is 28.1 Å². The standard InChI is InChI=1S/C26H18F3IN2O5S2/c1-2-36-21-11-16(10-20(30)23(21)37-14-15-6-8-18(9-7-15)32(34)35)12-22-24(33)31(25(38)39-22)19-5-3-4-17(13-19)26(27,28)29/h3-13H,2,14H2,1H3/b22-12-. The largest absolute Gasteiger partial charge is 0.490 e. The van der Waals surface area contributed by atoms with Gasteiger partial charge in [-0.2, -0.15) is 13.2 Å². The summed E-state index contributed by atoms with van der Waals surface area (Å²) in [5, 5.41) is 10.9. The fourth-order valence-electron chi connectivity index (χ4n) is 3.61. The molecular weight excluding hydrogens is 668 g/mol. The number of hydrogen-bond donors (Lipinski definition) is 0. The Morgan fingerprint density at radius 2 is 1.85 bits per heavy atom. The third kappa shape index (κ3) is 6.70. The molecule has 202 valence electrons. The van der Waals surface area contributed by atoms with Gasteiger partial charge in [-0.3, -0.25) is 19.8 Å². The maximum absolute atomic E-state index is 13.2. The van der Waals surface area contributed by atoms with Crippen LogP contribution in [0.25, 0.3) is 6.08 Å². The van der Waals surface area contributed by atoms with Crippen molar-refractivity contribution in [3.05, 3.63) is 95.9 Å². The molecule has 7 nitrogen and oxygen atoms in total. The highest BCUT2D eigenvalue weighted by atomic mass is 127. The van der Waals surface area contributed by atoms with Crippen LogP contribution in [0.3, 0.4) is 0 Å². The van der Waals surface area contributed by atoms with Crippen LogP contribution in [-0.2, 0) is 17.6 Å². The molecule has 1 saturated heterocycles. The summed E-state index contributed by atoms with van der Waals surface area (Å²) in [6.45, 7) is 2.29. The second-order valence-electron chi connectivity index (χ2n) is 8.04. The Kier molecular flexibility index (Phi) is 8.81. The number of thiocarbonyl (C=S) groups is 1. The number of rotatable bonds is 8. The minimum atomic E-state index is -4.55. The summed E-state index contributed by atoms with van der Waals surface area (Å²) in [7, 11) is 0. The number of hydrogen-bond acceptors (Lipinski definition) is 7. The molecule has 0 unspecified atom stereocenters. The molecule has 39 heavy (non-hydrogen) atoms. The fraction of sp³-hybridized carbons (Fsp3) is 0.154. The number of benzene rings is 3. The maximum Gasteiger partial charge on any atom is 0.416 e. The third-order valence-electron chi connectivity index (χ3n) is 5.39. The summed E-state index contributed by atoms with van der Waals surface area (Å²) in [6.07, 6.45) is -2.96. The smallest absolute Gasteiger partial charge is 0.416 e. The monoisotopic (exact) mass is 686 g/mol. The first-order valence-electron chi connectivity index (χ1n) is 11.3. The molecule has 1 heterocycles. The zero-order valence-electron chi connectivity index (χ0n) is 20.0. The summed E-state index contributed by atoms with van der Waals surface area (Å²) >= 11 is 8.37. The first kappa shape index (κ1) is 28.8. The Labute approximate surface area is 244 Å². The topological polar surface area (TPSA) is 81.9 Å². The lowest BCUT2D eigenvalue weighted by Gasteiger charge is -2.16. The third-order valence-corrected chi connectivity index (χ3v) is 7.49. The van der Waals surface area contributed by atoms with Crippen LogP contribution < -0.4 is 14.4 Å². The Morgan fingerprint density at radius 1 is 1.13 bits per heavy atom. The van der Waals surface area contributed by atoms with Crippen LogP contribution in [0.1, 0.15) is 23.6 Å². The van der Waals surface area contributed by atoms with E-state index in [1.807, 2.05) is 0 Å². The van der Waals surface area contributed by atoms with E-state index in [1.54, 1.807) is 37.3 Å². The van der Waals surface area contributed by atoms with E-state index in [0.717, 1.165) is 34.4 Å². The van der Waals surface area contributed by atoms with Crippen molar-refractivity contribution in [2.24, 2.45) is 0 Å². The van der Waals surface area contributed by atoms with Gasteiger partial charge in [-0.1, -0.05) is 30.0 Å². The molecule has 0 bridgehead atoms. The number of anilines is 1. The number of nitrogens with zero attached hydrogens (tertiary/aromatic N) is 2. The van der Waals surface area contributed by atoms with Crippen molar-refractivity contribution in [1.29, 1.82) is 0 Å². The van der Waals surface area contributed by atoms with E-state index in [0.29, 0.717) is 27.2 Å². The number of carbonyl (C=O) groups excluding carboxylic acids is 1. The van der Waals surface area contributed by atoms with Crippen molar-refractivity contribution < 1.29 is 32.4 Å². The van der Waals surface area contributed by atoms with Crippen molar-refractivity contribution in [1.82, 2.24) is 0 Å². The van der Waals surface area contributed by atoms with Crippen molar-refractivity contribution in [2.75, 3.05) is 11.5 Å². The lowest BCUT2D eigenvalue weighted by Crippen LogP contribution is -2.27. The van der Waals surface area contributed by atoms with Crippen LogP contribution in [0.4, 0.5) is 24.5 Å². The zero-order valence-corrected chi connectivity index (χ0v) is 23.8. The minimum Gasteiger partial charge on any atom is -0.490 e. The molecule has 13 heteroatoms. The molecule has 3 aromatic rings. The highest BCUT2D eigenvalue weighted by Gasteiger charge is 2.36. The molecule has 1 fully saturated rings. The molecule has 1 aliphatic rings. The Balaban J connectivity index is 1.58. The molecule has 1 amide bonds. The van der Waals surface area contributed by atoms with Crippen molar-refractivity contribution in [3.63, 3.8) is 0 Å². The maximum atomic E-state index is 13.2. The highest BCUT2D eigenvalue weighted by Crippen LogP contribution is 2.40. The Hall–Kier alpha value is -3.17. The molecule has 0 atom stereocenters. The van der Waals surface area contributed by atoms with Gasteiger partial charge in [-0.05, 0) is 89.2 Å². The first-order chi connectivity index (χ1) is 18.5. The lowest BCUT2D eigenvalue weighted by molar-refractivity contribution is -0.384. The van der Waals surface area contributed by atoms with E-state index in [4.69, 9.17) is 21.7 Å². The summed E-state index contributed by atoms with van der Waals surface area (Å²) in [5.41, 5.74) is 0.469.